The first-order valence-corrected chi connectivity index (χ1v) is 8.68. The van der Waals surface area contributed by atoms with Crippen LogP contribution in [0.25, 0.3) is 11.4 Å². The highest BCUT2D eigenvalue weighted by atomic mass is 32.2. The molecule has 0 spiro atoms. The molecule has 0 saturated carbocycles. The van der Waals surface area contributed by atoms with Crippen LogP contribution < -0.4 is 10.6 Å². The van der Waals surface area contributed by atoms with E-state index in [1.54, 1.807) is 0 Å². The second kappa shape index (κ2) is 7.87. The average Bonchev–Trinajstić information content (AvgIpc) is 3.02. The van der Waals surface area contributed by atoms with E-state index in [-0.39, 0.29) is 5.75 Å². The van der Waals surface area contributed by atoms with Gasteiger partial charge in [-0.25, -0.2) is 4.68 Å². The predicted molar refractivity (Wildman–Crippen MR) is 93.2 cm³/mol. The average molecular weight is 398 g/mol. The maximum absolute atomic E-state index is 12.9. The second-order valence-corrected chi connectivity index (χ2v) is 6.38. The molecule has 0 amide bonds. The zero-order valence-corrected chi connectivity index (χ0v) is 14.5. The number of ether oxygens (including phenoxy) is 1. The summed E-state index contributed by atoms with van der Waals surface area (Å²) in [5.41, 5.74) is 1.57. The molecule has 5 nitrogen and oxygen atoms in total. The second-order valence-electron chi connectivity index (χ2n) is 5.44. The number of rotatable bonds is 7. The van der Waals surface area contributed by atoms with Crippen LogP contribution in [-0.4, -0.2) is 27.4 Å². The highest BCUT2D eigenvalue weighted by Crippen LogP contribution is 2.29. The number of nitrogens with zero attached hydrogens (tertiary/aromatic N) is 3. The van der Waals surface area contributed by atoms with Crippen molar-refractivity contribution < 1.29 is 22.3 Å². The fourth-order valence-corrected chi connectivity index (χ4v) is 2.98. The van der Waals surface area contributed by atoms with Gasteiger partial charge in [0.05, 0.1) is 0 Å². The van der Waals surface area contributed by atoms with Crippen molar-refractivity contribution in [2.24, 2.45) is 0 Å². The van der Waals surface area contributed by atoms with Gasteiger partial charge in [0.25, 0.3) is 0 Å². The third-order valence-corrected chi connectivity index (χ3v) is 4.51. The Morgan fingerprint density at radius 2 is 1.70 bits per heavy atom. The van der Waals surface area contributed by atoms with E-state index >= 15 is 0 Å². The lowest BCUT2D eigenvalue weighted by molar-refractivity contribution is -0.253. The van der Waals surface area contributed by atoms with Crippen LogP contribution in [0.1, 0.15) is 5.56 Å². The van der Waals surface area contributed by atoms with Gasteiger partial charge in [-0.15, -0.1) is 10.2 Å². The summed E-state index contributed by atoms with van der Waals surface area (Å²) in [5.74, 6) is 6.61. The van der Waals surface area contributed by atoms with Crippen molar-refractivity contribution >= 4 is 11.8 Å². The van der Waals surface area contributed by atoms with Crippen LogP contribution >= 0.6 is 11.8 Å². The molecule has 0 radical (unpaired) electrons. The first kappa shape index (κ1) is 19.0. The molecule has 0 saturated heterocycles. The van der Waals surface area contributed by atoms with Crippen molar-refractivity contribution in [3.05, 3.63) is 60.2 Å². The van der Waals surface area contributed by atoms with Crippen LogP contribution in [0.3, 0.4) is 0 Å². The molecule has 2 aromatic carbocycles. The number of hydrogen-bond acceptors (Lipinski definition) is 5. The Balaban J connectivity index is 1.63. The lowest BCUT2D eigenvalue weighted by Crippen LogP contribution is -2.33. The molecule has 2 N–H and O–H groups in total. The number of hydrogen-bond donors (Lipinski definition) is 1. The zero-order valence-electron chi connectivity index (χ0n) is 13.7. The van der Waals surface area contributed by atoms with Crippen LogP contribution in [0.15, 0.2) is 59.8 Å². The van der Waals surface area contributed by atoms with Crippen LogP contribution in [0.2, 0.25) is 0 Å². The number of benzene rings is 2. The minimum atomic E-state index is -4.53. The molecule has 27 heavy (non-hydrogen) atoms. The molecule has 3 aromatic rings. The van der Waals surface area contributed by atoms with Crippen molar-refractivity contribution in [1.82, 2.24) is 14.9 Å². The van der Waals surface area contributed by atoms with E-state index in [1.165, 1.54) is 40.7 Å². The van der Waals surface area contributed by atoms with Gasteiger partial charge in [0, 0.05) is 11.3 Å². The maximum Gasteiger partial charge on any atom is 0.461 e. The van der Waals surface area contributed by atoms with Gasteiger partial charge < -0.3 is 10.6 Å². The Bertz CT molecular complexity index is 888. The van der Waals surface area contributed by atoms with E-state index in [0.29, 0.717) is 16.7 Å². The number of nitrogen functional groups attached to an aromatic ring is 1. The Labute approximate surface area is 156 Å². The predicted octanol–water partition coefficient (Wildman–Crippen LogP) is 4.19. The number of thioether (sulfide) groups is 1. The monoisotopic (exact) mass is 398 g/mol. The molecule has 142 valence electrons. The molecule has 1 heterocycles. The standard InChI is InChI=1S/C17H14F4N4OS/c18-15(19)17(20,21)26-13-8-6-11(7-9-13)10-27-16-24-23-14(25(16)22)12-4-2-1-3-5-12/h1-9,15H,10,22H2. The lowest BCUT2D eigenvalue weighted by atomic mass is 10.2. The number of nitrogens with two attached hydrogens (primary N) is 1. The van der Waals surface area contributed by atoms with E-state index in [9.17, 15) is 17.6 Å². The Kier molecular flexibility index (Phi) is 5.54. The molecular formula is C17H14F4N4OS. The van der Waals surface area contributed by atoms with E-state index in [2.05, 4.69) is 14.9 Å². The molecule has 0 aliphatic carbocycles. The Hall–Kier alpha value is -2.75. The SMILES string of the molecule is Nn1c(SCc2ccc(OC(F)(F)C(F)F)cc2)nnc1-c1ccccc1. The summed E-state index contributed by atoms with van der Waals surface area (Å²) in [5, 5.41) is 8.57. The van der Waals surface area contributed by atoms with E-state index < -0.39 is 12.5 Å². The summed E-state index contributed by atoms with van der Waals surface area (Å²) < 4.78 is 55.4. The van der Waals surface area contributed by atoms with Crippen molar-refractivity contribution in [1.29, 1.82) is 0 Å². The fourth-order valence-electron chi connectivity index (χ4n) is 2.16. The van der Waals surface area contributed by atoms with Crippen LogP contribution in [0.5, 0.6) is 5.75 Å². The molecule has 0 aliphatic heterocycles. The van der Waals surface area contributed by atoms with E-state index in [1.807, 2.05) is 30.3 Å². The number of alkyl halides is 4. The van der Waals surface area contributed by atoms with Gasteiger partial charge >= 0.3 is 12.5 Å². The fraction of sp³-hybridized carbons (Fsp3) is 0.176. The molecule has 3 rings (SSSR count). The van der Waals surface area contributed by atoms with Gasteiger partial charge in [0.2, 0.25) is 5.16 Å². The quantitative estimate of drug-likeness (QED) is 0.367. The normalized spacial score (nSPS) is 11.7. The summed E-state index contributed by atoms with van der Waals surface area (Å²) in [7, 11) is 0. The summed E-state index contributed by atoms with van der Waals surface area (Å²) in [6, 6.07) is 14.7. The molecule has 0 atom stereocenters. The molecule has 0 unspecified atom stereocenters. The number of aromatic nitrogens is 3. The smallest absolute Gasteiger partial charge is 0.428 e. The van der Waals surface area contributed by atoms with Crippen LogP contribution in [0.4, 0.5) is 17.6 Å². The minimum absolute atomic E-state index is 0.345. The van der Waals surface area contributed by atoms with Gasteiger partial charge in [-0.2, -0.15) is 17.6 Å². The highest BCUT2D eigenvalue weighted by molar-refractivity contribution is 7.98. The molecular weight excluding hydrogens is 384 g/mol. The van der Waals surface area contributed by atoms with Gasteiger partial charge in [0.15, 0.2) is 5.82 Å². The summed E-state index contributed by atoms with van der Waals surface area (Å²) in [6.45, 7) is 0. The number of halogens is 4. The molecule has 1 aromatic heterocycles. The lowest BCUT2D eigenvalue weighted by Gasteiger charge is -2.16. The topological polar surface area (TPSA) is 66.0 Å². The van der Waals surface area contributed by atoms with Gasteiger partial charge in [-0.05, 0) is 17.7 Å². The van der Waals surface area contributed by atoms with Crippen molar-refractivity contribution in [3.8, 4) is 17.1 Å². The first-order chi connectivity index (χ1) is 12.9. The zero-order chi connectivity index (χ0) is 19.4. The van der Waals surface area contributed by atoms with Crippen molar-refractivity contribution in [2.75, 3.05) is 5.84 Å². The Morgan fingerprint density at radius 3 is 2.33 bits per heavy atom. The molecule has 0 bridgehead atoms. The largest absolute Gasteiger partial charge is 0.461 e. The summed E-state index contributed by atoms with van der Waals surface area (Å²) >= 11 is 1.29. The minimum Gasteiger partial charge on any atom is -0.428 e. The molecule has 0 fully saturated rings. The van der Waals surface area contributed by atoms with E-state index in [4.69, 9.17) is 5.84 Å². The molecule has 10 heteroatoms. The maximum atomic E-state index is 12.9. The highest BCUT2D eigenvalue weighted by Gasteiger charge is 2.43. The van der Waals surface area contributed by atoms with Gasteiger partial charge in [0.1, 0.15) is 5.75 Å². The third kappa shape index (κ3) is 4.51. The van der Waals surface area contributed by atoms with Crippen LogP contribution in [-0.2, 0) is 5.75 Å². The van der Waals surface area contributed by atoms with Gasteiger partial charge in [-0.1, -0.05) is 54.2 Å². The van der Waals surface area contributed by atoms with Crippen molar-refractivity contribution in [3.63, 3.8) is 0 Å². The van der Waals surface area contributed by atoms with Crippen LogP contribution in [0, 0.1) is 0 Å². The Morgan fingerprint density at radius 1 is 1.04 bits per heavy atom. The summed E-state index contributed by atoms with van der Waals surface area (Å²) in [6.07, 6.45) is -8.43. The van der Waals surface area contributed by atoms with Crippen molar-refractivity contribution in [2.45, 2.75) is 23.4 Å². The first-order valence-electron chi connectivity index (χ1n) is 7.69. The third-order valence-electron chi connectivity index (χ3n) is 3.50. The molecule has 0 aliphatic rings. The van der Waals surface area contributed by atoms with Gasteiger partial charge in [-0.3, -0.25) is 0 Å². The van der Waals surface area contributed by atoms with E-state index in [0.717, 1.165) is 11.1 Å². The summed E-state index contributed by atoms with van der Waals surface area (Å²) in [4.78, 5) is 0.